The van der Waals surface area contributed by atoms with Gasteiger partial charge < -0.3 is 56.2 Å². The Bertz CT molecular complexity index is 2380. The Labute approximate surface area is 237 Å². The lowest BCUT2D eigenvalue weighted by molar-refractivity contribution is 0.349. The van der Waals surface area contributed by atoms with E-state index in [1.165, 1.54) is 6.07 Å². The molecule has 0 spiro atoms. The van der Waals surface area contributed by atoms with E-state index in [0.29, 0.717) is 16.4 Å². The van der Waals surface area contributed by atoms with E-state index in [4.69, 9.17) is 0 Å². The lowest BCUT2D eigenvalue weighted by Crippen LogP contribution is -1.94. The average Bonchev–Trinajstić information content (AvgIpc) is 3.01. The molecule has 13 nitrogen and oxygen atoms in total. The molecule has 0 atom stereocenters. The molecule has 0 saturated heterocycles. The Hall–Kier alpha value is -6.50. The fourth-order valence-electron chi connectivity index (χ4n) is 5.67. The number of aromatic nitrogens is 2. The van der Waals surface area contributed by atoms with Crippen molar-refractivity contribution in [2.45, 2.75) is 0 Å². The van der Waals surface area contributed by atoms with E-state index in [2.05, 4.69) is 9.97 Å². The zero-order valence-corrected chi connectivity index (χ0v) is 21.4. The number of rotatable bonds is 1. The molecule has 0 aliphatic rings. The highest BCUT2D eigenvalue weighted by atomic mass is 16.4. The van der Waals surface area contributed by atoms with Crippen molar-refractivity contribution in [3.63, 3.8) is 0 Å². The first-order valence-electron chi connectivity index (χ1n) is 12.4. The highest BCUT2D eigenvalue weighted by molar-refractivity contribution is 6.36. The van der Waals surface area contributed by atoms with Crippen molar-refractivity contribution < 1.29 is 56.2 Å². The van der Waals surface area contributed by atoms with Crippen LogP contribution in [-0.4, -0.2) is 66.1 Å². The standard InChI is InChI=1S/C30H18N2O11/c33-20-11(10-6-5-9-4-3-8-2-1-7-31-18(8)19(9)32-10)21(34)22(35)13-12(20)14-16(25(38)29(42)27(40)23(14)36)17-15(13)24(37)28(41)30(43)26(17)39/h1-7,33-43H. The van der Waals surface area contributed by atoms with Crippen molar-refractivity contribution in [3.05, 3.63) is 42.6 Å². The molecule has 214 valence electrons. The third-order valence-corrected chi connectivity index (χ3v) is 7.65. The van der Waals surface area contributed by atoms with Gasteiger partial charge in [-0.25, -0.2) is 4.98 Å². The molecule has 5 aromatic carbocycles. The normalized spacial score (nSPS) is 11.8. The van der Waals surface area contributed by atoms with Crippen LogP contribution in [0.2, 0.25) is 0 Å². The van der Waals surface area contributed by atoms with Gasteiger partial charge in [-0.15, -0.1) is 0 Å². The first kappa shape index (κ1) is 25.5. The summed E-state index contributed by atoms with van der Waals surface area (Å²) in [5.74, 6) is -12.7. The van der Waals surface area contributed by atoms with E-state index < -0.39 is 101 Å². The Morgan fingerprint density at radius 3 is 1.26 bits per heavy atom. The van der Waals surface area contributed by atoms with E-state index in [1.54, 1.807) is 30.5 Å². The van der Waals surface area contributed by atoms with Crippen LogP contribution in [-0.2, 0) is 0 Å². The number of hydrogen-bond acceptors (Lipinski definition) is 13. The van der Waals surface area contributed by atoms with Crippen molar-refractivity contribution in [2.75, 3.05) is 0 Å². The summed E-state index contributed by atoms with van der Waals surface area (Å²) in [6.07, 6.45) is 1.55. The summed E-state index contributed by atoms with van der Waals surface area (Å²) in [6, 6.07) is 10.2. The number of pyridine rings is 2. The highest BCUT2D eigenvalue weighted by Gasteiger charge is 2.33. The highest BCUT2D eigenvalue weighted by Crippen LogP contribution is 2.63. The Morgan fingerprint density at radius 1 is 0.372 bits per heavy atom. The number of phenols is 11. The van der Waals surface area contributed by atoms with Crippen molar-refractivity contribution in [1.29, 1.82) is 0 Å². The summed E-state index contributed by atoms with van der Waals surface area (Å²) in [7, 11) is 0. The molecular weight excluding hydrogens is 564 g/mol. The lowest BCUT2D eigenvalue weighted by Gasteiger charge is -2.21. The largest absolute Gasteiger partial charge is 0.506 e. The van der Waals surface area contributed by atoms with Crippen molar-refractivity contribution in [1.82, 2.24) is 9.97 Å². The maximum Gasteiger partial charge on any atom is 0.204 e. The molecule has 0 unspecified atom stereocenters. The van der Waals surface area contributed by atoms with Crippen LogP contribution in [0.4, 0.5) is 0 Å². The molecule has 0 aliphatic heterocycles. The minimum atomic E-state index is -1.28. The zero-order valence-electron chi connectivity index (χ0n) is 21.4. The second-order valence-electron chi connectivity index (χ2n) is 9.87. The Kier molecular flexibility index (Phi) is 4.90. The molecule has 2 heterocycles. The number of hydrogen-bond donors (Lipinski definition) is 11. The van der Waals surface area contributed by atoms with Crippen LogP contribution < -0.4 is 0 Å². The van der Waals surface area contributed by atoms with Crippen LogP contribution in [0.5, 0.6) is 63.2 Å². The Morgan fingerprint density at radius 2 is 0.767 bits per heavy atom. The first-order chi connectivity index (χ1) is 20.5. The monoisotopic (exact) mass is 582 g/mol. The fraction of sp³-hybridized carbons (Fsp3) is 0. The number of benzene rings is 5. The van der Waals surface area contributed by atoms with Crippen LogP contribution in [0.3, 0.4) is 0 Å². The van der Waals surface area contributed by atoms with Gasteiger partial charge in [-0.1, -0.05) is 24.3 Å². The van der Waals surface area contributed by atoms with Gasteiger partial charge >= 0.3 is 0 Å². The molecule has 43 heavy (non-hydrogen) atoms. The van der Waals surface area contributed by atoms with Crippen LogP contribution in [0.25, 0.3) is 65.4 Å². The molecule has 0 amide bonds. The van der Waals surface area contributed by atoms with E-state index in [-0.39, 0.29) is 5.69 Å². The summed E-state index contributed by atoms with van der Waals surface area (Å²) >= 11 is 0. The van der Waals surface area contributed by atoms with Crippen molar-refractivity contribution in [3.8, 4) is 74.5 Å². The van der Waals surface area contributed by atoms with Gasteiger partial charge in [0.25, 0.3) is 0 Å². The summed E-state index contributed by atoms with van der Waals surface area (Å²) < 4.78 is 0. The second-order valence-corrected chi connectivity index (χ2v) is 9.87. The Balaban J connectivity index is 1.76. The molecule has 2 aromatic heterocycles. The molecule has 0 saturated carbocycles. The molecule has 0 fully saturated rings. The van der Waals surface area contributed by atoms with E-state index in [9.17, 15) is 56.2 Å². The maximum absolute atomic E-state index is 11.7. The predicted molar refractivity (Wildman–Crippen MR) is 153 cm³/mol. The molecular formula is C30H18N2O11. The SMILES string of the molecule is Oc1c(O)c(O)c2c(c1O)c1c(O)c(O)c(O)c(O)c1c1c(O)c(-c3ccc4ccc5cccnc5c4n3)c(O)c(O)c21. The summed E-state index contributed by atoms with van der Waals surface area (Å²) in [5, 5.41) is 116. The van der Waals surface area contributed by atoms with Gasteiger partial charge in [0, 0.05) is 49.3 Å². The zero-order chi connectivity index (χ0) is 30.6. The summed E-state index contributed by atoms with van der Waals surface area (Å²) in [4.78, 5) is 8.92. The van der Waals surface area contributed by atoms with Crippen molar-refractivity contribution in [2.24, 2.45) is 0 Å². The lowest BCUT2D eigenvalue weighted by atomic mass is 9.88. The number of nitrogens with zero attached hydrogens (tertiary/aromatic N) is 2. The quantitative estimate of drug-likeness (QED) is 0.0716. The second kappa shape index (κ2) is 8.27. The van der Waals surface area contributed by atoms with E-state index >= 15 is 0 Å². The third kappa shape index (κ3) is 3.04. The van der Waals surface area contributed by atoms with Crippen LogP contribution >= 0.6 is 0 Å². The van der Waals surface area contributed by atoms with Gasteiger partial charge in [0.05, 0.1) is 22.3 Å². The molecule has 0 radical (unpaired) electrons. The fourth-order valence-corrected chi connectivity index (χ4v) is 5.67. The molecule has 0 bridgehead atoms. The summed E-state index contributed by atoms with van der Waals surface area (Å²) in [6.45, 7) is 0. The van der Waals surface area contributed by atoms with Crippen LogP contribution in [0.1, 0.15) is 0 Å². The maximum atomic E-state index is 11.7. The first-order valence-corrected chi connectivity index (χ1v) is 12.4. The minimum absolute atomic E-state index is 0.0987. The molecule has 7 aromatic rings. The van der Waals surface area contributed by atoms with Crippen molar-refractivity contribution >= 4 is 54.1 Å². The topological polar surface area (TPSA) is 248 Å². The number of aromatic hydroxyl groups is 11. The van der Waals surface area contributed by atoms with Gasteiger partial charge in [-0.05, 0) is 12.1 Å². The van der Waals surface area contributed by atoms with Gasteiger partial charge in [0.2, 0.25) is 23.0 Å². The van der Waals surface area contributed by atoms with Gasteiger partial charge in [0.15, 0.2) is 34.5 Å². The third-order valence-electron chi connectivity index (χ3n) is 7.65. The smallest absolute Gasteiger partial charge is 0.204 e. The molecule has 11 N–H and O–H groups in total. The number of phenolic OH excluding ortho intramolecular Hbond substituents is 11. The number of fused-ring (bicyclic) bond motifs is 9. The predicted octanol–water partition coefficient (Wildman–Crippen LogP) is 4.67. The van der Waals surface area contributed by atoms with Crippen LogP contribution in [0.15, 0.2) is 42.6 Å². The summed E-state index contributed by atoms with van der Waals surface area (Å²) in [5.41, 5.74) is 0.265. The molecule has 13 heteroatoms. The van der Waals surface area contributed by atoms with Crippen LogP contribution in [0, 0.1) is 0 Å². The minimum Gasteiger partial charge on any atom is -0.506 e. The van der Waals surface area contributed by atoms with E-state index in [0.717, 1.165) is 5.39 Å². The molecule has 7 rings (SSSR count). The molecule has 0 aliphatic carbocycles. The van der Waals surface area contributed by atoms with Gasteiger partial charge in [0.1, 0.15) is 5.75 Å². The average molecular weight is 582 g/mol. The van der Waals surface area contributed by atoms with Gasteiger partial charge in [-0.2, -0.15) is 0 Å². The van der Waals surface area contributed by atoms with E-state index in [1.807, 2.05) is 6.07 Å². The van der Waals surface area contributed by atoms with Gasteiger partial charge in [-0.3, -0.25) is 4.98 Å².